The Bertz CT molecular complexity index is 810. The van der Waals surface area contributed by atoms with E-state index in [1.807, 2.05) is 18.2 Å². The van der Waals surface area contributed by atoms with Crippen molar-refractivity contribution in [2.75, 3.05) is 0 Å². The van der Waals surface area contributed by atoms with Crippen LogP contribution in [0.1, 0.15) is 58.6 Å². The van der Waals surface area contributed by atoms with Crippen molar-refractivity contribution in [1.82, 2.24) is 5.32 Å². The molecule has 4 bridgehead atoms. The monoisotopic (exact) mass is 349 g/mol. The molecule has 4 fully saturated rings. The Morgan fingerprint density at radius 2 is 1.54 bits per heavy atom. The van der Waals surface area contributed by atoms with E-state index in [9.17, 15) is 9.59 Å². The second-order valence-electron chi connectivity index (χ2n) is 8.29. The zero-order valence-corrected chi connectivity index (χ0v) is 14.7. The van der Waals surface area contributed by atoms with Gasteiger partial charge in [-0.2, -0.15) is 0 Å². The van der Waals surface area contributed by atoms with Gasteiger partial charge >= 0.3 is 0 Å². The summed E-state index contributed by atoms with van der Waals surface area (Å²) in [6.45, 7) is 0. The van der Waals surface area contributed by atoms with Gasteiger partial charge in [-0.15, -0.1) is 0 Å². The average Bonchev–Trinajstić information content (AvgIpc) is 3.14. The first-order valence-electron chi connectivity index (χ1n) is 9.67. The predicted octanol–water partition coefficient (Wildman–Crippen LogP) is 4.07. The minimum Gasteiger partial charge on any atom is -0.460 e. The smallest absolute Gasteiger partial charge is 0.255 e. The number of carbonyl (C=O) groups excluding carboxylic acids is 2. The second kappa shape index (κ2) is 6.11. The molecule has 4 heteroatoms. The third-order valence-corrected chi connectivity index (χ3v) is 6.68. The standard InChI is InChI=1S/C22H23NO3/c24-20(15-4-2-1-3-5-15)21-18(6-7-26-21)22(25)23-19-16-9-13-8-14(11-16)12-17(19)10-13/h1-7,13-14,16-17,19H,8-12H2,(H,23,25). The Balaban J connectivity index is 1.36. The van der Waals surface area contributed by atoms with E-state index in [4.69, 9.17) is 4.42 Å². The van der Waals surface area contributed by atoms with E-state index in [1.54, 1.807) is 18.2 Å². The molecule has 1 aromatic carbocycles. The number of hydrogen-bond donors (Lipinski definition) is 1. The summed E-state index contributed by atoms with van der Waals surface area (Å²) < 4.78 is 5.40. The van der Waals surface area contributed by atoms with Crippen molar-refractivity contribution in [3.63, 3.8) is 0 Å². The molecular formula is C22H23NO3. The molecule has 1 heterocycles. The van der Waals surface area contributed by atoms with Crippen molar-refractivity contribution in [3.05, 3.63) is 59.5 Å². The fourth-order valence-electron chi connectivity index (χ4n) is 5.77. The molecule has 0 radical (unpaired) electrons. The van der Waals surface area contributed by atoms with Crippen LogP contribution in [0.3, 0.4) is 0 Å². The minimum absolute atomic E-state index is 0.137. The maximum atomic E-state index is 12.9. The fraction of sp³-hybridized carbons (Fsp3) is 0.455. The van der Waals surface area contributed by atoms with Crippen LogP contribution in [0, 0.1) is 23.7 Å². The molecule has 1 aromatic heterocycles. The lowest BCUT2D eigenvalue weighted by atomic mass is 9.54. The molecule has 26 heavy (non-hydrogen) atoms. The molecule has 0 aliphatic heterocycles. The Morgan fingerprint density at radius 1 is 0.885 bits per heavy atom. The van der Waals surface area contributed by atoms with Crippen molar-refractivity contribution >= 4 is 11.7 Å². The van der Waals surface area contributed by atoms with E-state index in [2.05, 4.69) is 5.32 Å². The van der Waals surface area contributed by atoms with Crippen molar-refractivity contribution in [2.45, 2.75) is 38.1 Å². The molecule has 4 nitrogen and oxygen atoms in total. The molecule has 134 valence electrons. The topological polar surface area (TPSA) is 59.3 Å². The van der Waals surface area contributed by atoms with Gasteiger partial charge in [-0.05, 0) is 61.8 Å². The highest BCUT2D eigenvalue weighted by atomic mass is 16.3. The molecule has 0 atom stereocenters. The number of carbonyl (C=O) groups is 2. The van der Waals surface area contributed by atoms with Crippen molar-refractivity contribution < 1.29 is 14.0 Å². The van der Waals surface area contributed by atoms with Gasteiger partial charge in [0.1, 0.15) is 0 Å². The van der Waals surface area contributed by atoms with Gasteiger partial charge in [-0.25, -0.2) is 0 Å². The maximum Gasteiger partial charge on any atom is 0.255 e. The highest BCUT2D eigenvalue weighted by Crippen LogP contribution is 2.53. The van der Waals surface area contributed by atoms with Crippen LogP contribution in [-0.4, -0.2) is 17.7 Å². The van der Waals surface area contributed by atoms with Gasteiger partial charge in [-0.1, -0.05) is 30.3 Å². The first-order chi connectivity index (χ1) is 12.7. The van der Waals surface area contributed by atoms with Crippen molar-refractivity contribution in [3.8, 4) is 0 Å². The van der Waals surface area contributed by atoms with Crippen molar-refractivity contribution in [2.24, 2.45) is 23.7 Å². The summed E-state index contributed by atoms with van der Waals surface area (Å²) in [7, 11) is 0. The lowest BCUT2D eigenvalue weighted by molar-refractivity contribution is -0.0119. The van der Waals surface area contributed by atoms with E-state index in [1.165, 1.54) is 38.4 Å². The summed E-state index contributed by atoms with van der Waals surface area (Å²) in [6, 6.07) is 10.8. The van der Waals surface area contributed by atoms with E-state index in [0.717, 1.165) is 11.8 Å². The van der Waals surface area contributed by atoms with Crippen LogP contribution in [0.15, 0.2) is 47.1 Å². The SMILES string of the molecule is O=C(NC1C2CC3CC(C2)CC1C3)c1ccoc1C(=O)c1ccccc1. The molecule has 2 aromatic rings. The number of nitrogens with one attached hydrogen (secondary N) is 1. The average molecular weight is 349 g/mol. The molecular weight excluding hydrogens is 326 g/mol. The minimum atomic E-state index is -0.245. The highest BCUT2D eigenvalue weighted by molar-refractivity contribution is 6.13. The number of benzene rings is 1. The summed E-state index contributed by atoms with van der Waals surface area (Å²) in [5, 5.41) is 3.26. The Labute approximate surface area is 153 Å². The van der Waals surface area contributed by atoms with Gasteiger partial charge in [0.05, 0.1) is 11.8 Å². The molecule has 6 rings (SSSR count). The van der Waals surface area contributed by atoms with E-state index in [-0.39, 0.29) is 23.5 Å². The molecule has 4 aliphatic rings. The van der Waals surface area contributed by atoms with Gasteiger partial charge in [0.2, 0.25) is 5.78 Å². The largest absolute Gasteiger partial charge is 0.460 e. The third kappa shape index (κ3) is 2.59. The van der Waals surface area contributed by atoms with Crippen LogP contribution < -0.4 is 5.32 Å². The summed E-state index contributed by atoms with van der Waals surface area (Å²) in [5.41, 5.74) is 0.888. The summed E-state index contributed by atoms with van der Waals surface area (Å²) >= 11 is 0. The Morgan fingerprint density at radius 3 is 2.19 bits per heavy atom. The highest BCUT2D eigenvalue weighted by Gasteiger charge is 2.48. The molecule has 1 N–H and O–H groups in total. The van der Waals surface area contributed by atoms with Crippen LogP contribution in [0.25, 0.3) is 0 Å². The van der Waals surface area contributed by atoms with Crippen LogP contribution in [0.4, 0.5) is 0 Å². The van der Waals surface area contributed by atoms with E-state index >= 15 is 0 Å². The predicted molar refractivity (Wildman–Crippen MR) is 96.9 cm³/mol. The zero-order valence-electron chi connectivity index (χ0n) is 14.7. The number of furan rings is 1. The fourth-order valence-corrected chi connectivity index (χ4v) is 5.77. The normalized spacial score (nSPS) is 31.8. The number of ketones is 1. The second-order valence-corrected chi connectivity index (χ2v) is 8.29. The number of hydrogen-bond acceptors (Lipinski definition) is 3. The quantitative estimate of drug-likeness (QED) is 0.847. The molecule has 1 amide bonds. The number of amides is 1. The van der Waals surface area contributed by atoms with Gasteiger partial charge in [0.25, 0.3) is 5.91 Å². The summed E-state index contributed by atoms with van der Waals surface area (Å²) in [5.74, 6) is 2.68. The van der Waals surface area contributed by atoms with Crippen LogP contribution in [0.5, 0.6) is 0 Å². The number of rotatable bonds is 4. The van der Waals surface area contributed by atoms with Gasteiger partial charge in [0.15, 0.2) is 5.76 Å². The van der Waals surface area contributed by atoms with E-state index < -0.39 is 0 Å². The first-order valence-corrected chi connectivity index (χ1v) is 9.67. The molecule has 4 saturated carbocycles. The molecule has 0 unspecified atom stereocenters. The first kappa shape index (κ1) is 15.9. The van der Waals surface area contributed by atoms with Crippen LogP contribution >= 0.6 is 0 Å². The third-order valence-electron chi connectivity index (χ3n) is 6.68. The Hall–Kier alpha value is -2.36. The van der Waals surface area contributed by atoms with Gasteiger partial charge < -0.3 is 9.73 Å². The Kier molecular flexibility index (Phi) is 3.73. The molecule has 0 saturated heterocycles. The van der Waals surface area contributed by atoms with Crippen molar-refractivity contribution in [1.29, 1.82) is 0 Å². The lowest BCUT2D eigenvalue weighted by Crippen LogP contribution is -2.55. The zero-order chi connectivity index (χ0) is 17.7. The van der Waals surface area contributed by atoms with Gasteiger partial charge in [0, 0.05) is 11.6 Å². The summed E-state index contributed by atoms with van der Waals surface area (Å²) in [6.07, 6.45) is 7.82. The van der Waals surface area contributed by atoms with Crippen LogP contribution in [-0.2, 0) is 0 Å². The maximum absolute atomic E-state index is 12.9. The van der Waals surface area contributed by atoms with Crippen LogP contribution in [0.2, 0.25) is 0 Å². The van der Waals surface area contributed by atoms with E-state index in [0.29, 0.717) is 23.0 Å². The lowest BCUT2D eigenvalue weighted by Gasteiger charge is -2.54. The molecule has 0 spiro atoms. The van der Waals surface area contributed by atoms with Gasteiger partial charge in [-0.3, -0.25) is 9.59 Å². The molecule has 4 aliphatic carbocycles. The summed E-state index contributed by atoms with van der Waals surface area (Å²) in [4.78, 5) is 25.6.